The van der Waals surface area contributed by atoms with Crippen molar-refractivity contribution in [2.45, 2.75) is 46.7 Å². The smallest absolute Gasteiger partial charge is 0.333 e. The molecule has 0 spiro atoms. The molecular formula is C12H23NO2. The molecule has 0 saturated heterocycles. The molecule has 0 aliphatic rings. The highest BCUT2D eigenvalue weighted by Crippen LogP contribution is 2.04. The van der Waals surface area contributed by atoms with Crippen molar-refractivity contribution in [3.8, 4) is 0 Å². The monoisotopic (exact) mass is 213 g/mol. The van der Waals surface area contributed by atoms with Crippen molar-refractivity contribution in [2.75, 3.05) is 13.2 Å². The molecule has 88 valence electrons. The first-order chi connectivity index (χ1) is 6.86. The second-order valence-corrected chi connectivity index (χ2v) is 4.34. The van der Waals surface area contributed by atoms with Crippen molar-refractivity contribution < 1.29 is 9.53 Å². The van der Waals surface area contributed by atoms with Gasteiger partial charge in [0.1, 0.15) is 6.61 Å². The summed E-state index contributed by atoms with van der Waals surface area (Å²) >= 11 is 0. The topological polar surface area (TPSA) is 29.5 Å². The summed E-state index contributed by atoms with van der Waals surface area (Å²) in [5, 5.41) is 0. The van der Waals surface area contributed by atoms with Gasteiger partial charge in [-0.3, -0.25) is 4.90 Å². The van der Waals surface area contributed by atoms with Crippen molar-refractivity contribution in [3.05, 3.63) is 12.2 Å². The third kappa shape index (κ3) is 5.57. The lowest BCUT2D eigenvalue weighted by molar-refractivity contribution is -0.139. The van der Waals surface area contributed by atoms with E-state index in [0.717, 1.165) is 6.54 Å². The van der Waals surface area contributed by atoms with Crippen molar-refractivity contribution in [1.82, 2.24) is 4.90 Å². The maximum Gasteiger partial charge on any atom is 0.333 e. The van der Waals surface area contributed by atoms with Gasteiger partial charge in [0.2, 0.25) is 0 Å². The van der Waals surface area contributed by atoms with Crippen LogP contribution in [0, 0.1) is 0 Å². The van der Waals surface area contributed by atoms with E-state index in [-0.39, 0.29) is 5.97 Å². The highest BCUT2D eigenvalue weighted by Gasteiger charge is 2.13. The van der Waals surface area contributed by atoms with E-state index in [9.17, 15) is 4.79 Å². The van der Waals surface area contributed by atoms with Crippen molar-refractivity contribution >= 4 is 5.97 Å². The predicted molar refractivity (Wildman–Crippen MR) is 62.8 cm³/mol. The maximum atomic E-state index is 11.1. The van der Waals surface area contributed by atoms with Crippen LogP contribution < -0.4 is 0 Å². The Morgan fingerprint density at radius 2 is 1.73 bits per heavy atom. The Labute approximate surface area is 93.1 Å². The van der Waals surface area contributed by atoms with Gasteiger partial charge in [-0.2, -0.15) is 0 Å². The second-order valence-electron chi connectivity index (χ2n) is 4.34. The van der Waals surface area contributed by atoms with E-state index >= 15 is 0 Å². The average molecular weight is 213 g/mol. The molecule has 0 atom stereocenters. The van der Waals surface area contributed by atoms with Gasteiger partial charge >= 0.3 is 5.97 Å². The lowest BCUT2D eigenvalue weighted by Gasteiger charge is -2.30. The number of rotatable bonds is 6. The molecule has 0 rings (SSSR count). The highest BCUT2D eigenvalue weighted by atomic mass is 16.5. The molecule has 0 bridgehead atoms. The number of ether oxygens (including phenoxy) is 1. The molecule has 3 nitrogen and oxygen atoms in total. The van der Waals surface area contributed by atoms with E-state index in [1.54, 1.807) is 6.92 Å². The number of carbonyl (C=O) groups excluding carboxylic acids is 1. The Bertz CT molecular complexity index is 214. The molecule has 0 N–H and O–H groups in total. The maximum absolute atomic E-state index is 11.1. The molecule has 0 saturated carbocycles. The Kier molecular flexibility index (Phi) is 6.25. The van der Waals surface area contributed by atoms with Crippen LogP contribution in [0.1, 0.15) is 34.6 Å². The molecule has 3 heteroatoms. The van der Waals surface area contributed by atoms with Gasteiger partial charge in [0.05, 0.1) is 0 Å². The summed E-state index contributed by atoms with van der Waals surface area (Å²) in [6.45, 7) is 15.0. The second kappa shape index (κ2) is 6.62. The van der Waals surface area contributed by atoms with Gasteiger partial charge in [0.15, 0.2) is 0 Å². The molecule has 0 radical (unpaired) electrons. The first-order valence-corrected chi connectivity index (χ1v) is 5.44. The van der Waals surface area contributed by atoms with Gasteiger partial charge < -0.3 is 4.74 Å². The molecule has 0 aliphatic carbocycles. The van der Waals surface area contributed by atoms with Crippen LogP contribution in [0.2, 0.25) is 0 Å². The summed E-state index contributed by atoms with van der Waals surface area (Å²) in [4.78, 5) is 13.4. The Balaban J connectivity index is 3.92. The average Bonchev–Trinajstić information content (AvgIpc) is 2.10. The van der Waals surface area contributed by atoms with E-state index in [1.165, 1.54) is 0 Å². The van der Waals surface area contributed by atoms with Gasteiger partial charge in [0, 0.05) is 24.2 Å². The molecule has 0 aliphatic heterocycles. The van der Waals surface area contributed by atoms with E-state index in [1.807, 2.05) is 0 Å². The summed E-state index contributed by atoms with van der Waals surface area (Å²) in [5.41, 5.74) is 0.454. The first-order valence-electron chi connectivity index (χ1n) is 5.44. The molecule has 0 amide bonds. The van der Waals surface area contributed by atoms with Crippen LogP contribution in [0.25, 0.3) is 0 Å². The SMILES string of the molecule is C=C(C)C(=O)OCCN(C(C)C)C(C)C. The molecule has 15 heavy (non-hydrogen) atoms. The van der Waals surface area contributed by atoms with E-state index < -0.39 is 0 Å². The molecule has 0 aromatic rings. The summed E-state index contributed by atoms with van der Waals surface area (Å²) in [6.07, 6.45) is 0. The number of carbonyl (C=O) groups is 1. The Morgan fingerprint density at radius 1 is 1.27 bits per heavy atom. The molecule has 0 aromatic carbocycles. The quantitative estimate of drug-likeness (QED) is 0.500. The molecule has 0 heterocycles. The fourth-order valence-corrected chi connectivity index (χ4v) is 1.48. The lowest BCUT2D eigenvalue weighted by Crippen LogP contribution is -2.39. The van der Waals surface area contributed by atoms with E-state index in [4.69, 9.17) is 4.74 Å². The van der Waals surface area contributed by atoms with Crippen molar-refractivity contribution in [2.24, 2.45) is 0 Å². The zero-order valence-corrected chi connectivity index (χ0v) is 10.5. The van der Waals surface area contributed by atoms with Crippen LogP contribution in [-0.4, -0.2) is 36.1 Å². The normalized spacial score (nSPS) is 11.2. The molecule has 0 unspecified atom stereocenters. The summed E-state index contributed by atoms with van der Waals surface area (Å²) < 4.78 is 5.05. The zero-order valence-electron chi connectivity index (χ0n) is 10.5. The number of hydrogen-bond donors (Lipinski definition) is 0. The van der Waals surface area contributed by atoms with Crippen molar-refractivity contribution in [1.29, 1.82) is 0 Å². The van der Waals surface area contributed by atoms with Gasteiger partial charge in [-0.15, -0.1) is 0 Å². The Hall–Kier alpha value is -0.830. The number of esters is 1. The highest BCUT2D eigenvalue weighted by molar-refractivity contribution is 5.86. The fraction of sp³-hybridized carbons (Fsp3) is 0.750. The minimum Gasteiger partial charge on any atom is -0.461 e. The summed E-state index contributed by atoms with van der Waals surface area (Å²) in [5.74, 6) is -0.303. The number of hydrogen-bond acceptors (Lipinski definition) is 3. The van der Waals surface area contributed by atoms with Crippen LogP contribution in [0.4, 0.5) is 0 Å². The summed E-state index contributed by atoms with van der Waals surface area (Å²) in [6, 6.07) is 0.932. The first kappa shape index (κ1) is 14.2. The molecule has 0 aromatic heterocycles. The third-order valence-electron chi connectivity index (χ3n) is 2.26. The largest absolute Gasteiger partial charge is 0.461 e. The number of nitrogens with zero attached hydrogens (tertiary/aromatic N) is 1. The van der Waals surface area contributed by atoms with Gasteiger partial charge in [0.25, 0.3) is 0 Å². The van der Waals surface area contributed by atoms with Crippen LogP contribution in [0.15, 0.2) is 12.2 Å². The predicted octanol–water partition coefficient (Wildman–Crippen LogP) is 2.22. The standard InChI is InChI=1S/C12H23NO2/c1-9(2)12(14)15-8-7-13(10(3)4)11(5)6/h10-11H,1,7-8H2,2-6H3. The van der Waals surface area contributed by atoms with Crippen LogP contribution in [-0.2, 0) is 9.53 Å². The van der Waals surface area contributed by atoms with Gasteiger partial charge in [-0.25, -0.2) is 4.79 Å². The molecular weight excluding hydrogens is 190 g/mol. The fourth-order valence-electron chi connectivity index (χ4n) is 1.48. The van der Waals surface area contributed by atoms with Gasteiger partial charge in [-0.1, -0.05) is 6.58 Å². The third-order valence-corrected chi connectivity index (χ3v) is 2.26. The van der Waals surface area contributed by atoms with Gasteiger partial charge in [-0.05, 0) is 34.6 Å². The summed E-state index contributed by atoms with van der Waals surface area (Å²) in [7, 11) is 0. The van der Waals surface area contributed by atoms with Crippen LogP contribution in [0.3, 0.4) is 0 Å². The Morgan fingerprint density at radius 3 is 2.07 bits per heavy atom. The van der Waals surface area contributed by atoms with Crippen LogP contribution >= 0.6 is 0 Å². The minimum absolute atomic E-state index is 0.303. The lowest BCUT2D eigenvalue weighted by atomic mass is 10.2. The molecule has 0 fully saturated rings. The van der Waals surface area contributed by atoms with Crippen molar-refractivity contribution in [3.63, 3.8) is 0 Å². The minimum atomic E-state index is -0.303. The van der Waals surface area contributed by atoms with E-state index in [2.05, 4.69) is 39.2 Å². The zero-order chi connectivity index (χ0) is 12.0. The van der Waals surface area contributed by atoms with Crippen LogP contribution in [0.5, 0.6) is 0 Å². The van der Waals surface area contributed by atoms with E-state index in [0.29, 0.717) is 24.3 Å².